The third-order valence-electron chi connectivity index (χ3n) is 3.23. The number of methoxy groups -OCH3 is 3. The molecule has 1 saturated carbocycles. The van der Waals surface area contributed by atoms with Crippen molar-refractivity contribution in [1.29, 1.82) is 0 Å². The van der Waals surface area contributed by atoms with E-state index in [0.717, 1.165) is 22.9 Å². The molecule has 0 saturated heterocycles. The topological polar surface area (TPSA) is 56.8 Å². The van der Waals surface area contributed by atoms with Crippen LogP contribution in [0.4, 0.5) is 0 Å². The van der Waals surface area contributed by atoms with Crippen molar-refractivity contribution in [2.45, 2.75) is 24.9 Å². The minimum atomic E-state index is -0.512. The lowest BCUT2D eigenvalue weighted by molar-refractivity contribution is -0.143. The standard InChI is InChI=1S/C14H18BrNO4/c1-18-11-6-9(10(15)7-12(11)19-2)13(14(17)20-3)16-8-4-5-8/h6-8,13,16H,4-5H2,1-3H3. The van der Waals surface area contributed by atoms with Crippen LogP contribution in [-0.4, -0.2) is 33.3 Å². The molecule has 6 heteroatoms. The molecule has 20 heavy (non-hydrogen) atoms. The molecular formula is C14H18BrNO4. The minimum absolute atomic E-state index is 0.315. The molecule has 0 aromatic heterocycles. The molecule has 1 unspecified atom stereocenters. The summed E-state index contributed by atoms with van der Waals surface area (Å²) in [5.41, 5.74) is 0.779. The molecular weight excluding hydrogens is 326 g/mol. The Balaban J connectivity index is 2.37. The minimum Gasteiger partial charge on any atom is -0.493 e. The Labute approximate surface area is 126 Å². The molecule has 1 aromatic carbocycles. The van der Waals surface area contributed by atoms with Gasteiger partial charge in [-0.2, -0.15) is 0 Å². The summed E-state index contributed by atoms with van der Waals surface area (Å²) >= 11 is 3.48. The van der Waals surface area contributed by atoms with Crippen molar-refractivity contribution in [2.24, 2.45) is 0 Å². The summed E-state index contributed by atoms with van der Waals surface area (Å²) in [6, 6.07) is 3.44. The summed E-state index contributed by atoms with van der Waals surface area (Å²) in [6.07, 6.45) is 2.16. The summed E-state index contributed by atoms with van der Waals surface area (Å²) in [4.78, 5) is 12.0. The number of ether oxygens (including phenoxy) is 3. The van der Waals surface area contributed by atoms with Crippen LogP contribution in [0.3, 0.4) is 0 Å². The predicted octanol–water partition coefficient (Wildman–Crippen LogP) is 2.43. The number of esters is 1. The van der Waals surface area contributed by atoms with Crippen LogP contribution in [0.15, 0.2) is 16.6 Å². The smallest absolute Gasteiger partial charge is 0.327 e. The highest BCUT2D eigenvalue weighted by Gasteiger charge is 2.32. The molecule has 5 nitrogen and oxygen atoms in total. The van der Waals surface area contributed by atoms with Gasteiger partial charge in [0.15, 0.2) is 11.5 Å². The van der Waals surface area contributed by atoms with Crippen molar-refractivity contribution in [1.82, 2.24) is 5.32 Å². The quantitative estimate of drug-likeness (QED) is 0.804. The monoisotopic (exact) mass is 343 g/mol. The number of benzene rings is 1. The Morgan fingerprint density at radius 1 is 1.25 bits per heavy atom. The molecule has 0 spiro atoms. The van der Waals surface area contributed by atoms with Crippen molar-refractivity contribution in [2.75, 3.05) is 21.3 Å². The molecule has 2 rings (SSSR count). The lowest BCUT2D eigenvalue weighted by Crippen LogP contribution is -2.31. The SMILES string of the molecule is COC(=O)C(NC1CC1)c1cc(OC)c(OC)cc1Br. The fourth-order valence-corrected chi connectivity index (χ4v) is 2.53. The molecule has 1 aliphatic rings. The van der Waals surface area contributed by atoms with Crippen molar-refractivity contribution >= 4 is 21.9 Å². The third kappa shape index (κ3) is 3.24. The van der Waals surface area contributed by atoms with Gasteiger partial charge in [-0.25, -0.2) is 4.79 Å². The van der Waals surface area contributed by atoms with Crippen molar-refractivity contribution < 1.29 is 19.0 Å². The fourth-order valence-electron chi connectivity index (χ4n) is 1.98. The second-order valence-corrected chi connectivity index (χ2v) is 5.48. The first-order chi connectivity index (χ1) is 9.60. The largest absolute Gasteiger partial charge is 0.493 e. The predicted molar refractivity (Wildman–Crippen MR) is 78.2 cm³/mol. The lowest BCUT2D eigenvalue weighted by atomic mass is 10.1. The molecule has 1 aromatic rings. The average Bonchev–Trinajstić information content (AvgIpc) is 3.28. The van der Waals surface area contributed by atoms with Gasteiger partial charge >= 0.3 is 5.97 Å². The van der Waals surface area contributed by atoms with Crippen molar-refractivity contribution in [3.05, 3.63) is 22.2 Å². The number of hydrogen-bond acceptors (Lipinski definition) is 5. The van der Waals surface area contributed by atoms with Gasteiger partial charge in [-0.3, -0.25) is 5.32 Å². The van der Waals surface area contributed by atoms with Crippen LogP contribution in [0, 0.1) is 0 Å². The summed E-state index contributed by atoms with van der Waals surface area (Å²) < 4.78 is 16.2. The van der Waals surface area contributed by atoms with Gasteiger partial charge in [0, 0.05) is 10.5 Å². The van der Waals surface area contributed by atoms with Gasteiger partial charge in [0.1, 0.15) is 6.04 Å². The first kappa shape index (κ1) is 15.1. The van der Waals surface area contributed by atoms with E-state index in [1.54, 1.807) is 26.4 Å². The van der Waals surface area contributed by atoms with E-state index in [4.69, 9.17) is 14.2 Å². The molecule has 0 amide bonds. The molecule has 0 bridgehead atoms. The maximum atomic E-state index is 12.0. The zero-order valence-electron chi connectivity index (χ0n) is 11.7. The van der Waals surface area contributed by atoms with Crippen LogP contribution < -0.4 is 14.8 Å². The van der Waals surface area contributed by atoms with E-state index >= 15 is 0 Å². The van der Waals surface area contributed by atoms with Gasteiger partial charge in [-0.15, -0.1) is 0 Å². The summed E-state index contributed by atoms with van der Waals surface area (Å²) in [6.45, 7) is 0. The van der Waals surface area contributed by atoms with Crippen LogP contribution in [-0.2, 0) is 9.53 Å². The van der Waals surface area contributed by atoms with E-state index in [1.807, 2.05) is 0 Å². The Morgan fingerprint density at radius 3 is 2.35 bits per heavy atom. The highest BCUT2D eigenvalue weighted by atomic mass is 79.9. The van der Waals surface area contributed by atoms with Gasteiger partial charge in [-0.05, 0) is 30.5 Å². The number of hydrogen-bond donors (Lipinski definition) is 1. The Morgan fingerprint density at radius 2 is 1.85 bits per heavy atom. The van der Waals surface area contributed by atoms with Crippen molar-refractivity contribution in [3.63, 3.8) is 0 Å². The normalized spacial score (nSPS) is 15.6. The summed E-state index contributed by atoms with van der Waals surface area (Å²) in [7, 11) is 4.53. The highest BCUT2D eigenvalue weighted by molar-refractivity contribution is 9.10. The van der Waals surface area contributed by atoms with E-state index in [9.17, 15) is 4.79 Å². The zero-order chi connectivity index (χ0) is 14.7. The average molecular weight is 344 g/mol. The van der Waals surface area contributed by atoms with Gasteiger partial charge in [0.2, 0.25) is 0 Å². The number of carbonyl (C=O) groups excluding carboxylic acids is 1. The first-order valence-corrected chi connectivity index (χ1v) is 7.15. The first-order valence-electron chi connectivity index (χ1n) is 6.36. The molecule has 0 radical (unpaired) electrons. The molecule has 110 valence electrons. The Hall–Kier alpha value is -1.27. The molecule has 1 N–H and O–H groups in total. The van der Waals surface area contributed by atoms with Crippen LogP contribution in [0.1, 0.15) is 24.4 Å². The zero-order valence-corrected chi connectivity index (χ0v) is 13.3. The molecule has 1 aliphatic carbocycles. The lowest BCUT2D eigenvalue weighted by Gasteiger charge is -2.19. The van der Waals surface area contributed by atoms with Crippen molar-refractivity contribution in [3.8, 4) is 11.5 Å². The number of carbonyl (C=O) groups is 1. The molecule has 1 fully saturated rings. The Bertz CT molecular complexity index is 502. The number of halogens is 1. The Kier molecular flexibility index (Phi) is 4.88. The van der Waals surface area contributed by atoms with E-state index < -0.39 is 6.04 Å². The van der Waals surface area contributed by atoms with Crippen LogP contribution in [0.2, 0.25) is 0 Å². The summed E-state index contributed by atoms with van der Waals surface area (Å²) in [5.74, 6) is 0.875. The van der Waals surface area contributed by atoms with E-state index in [2.05, 4.69) is 21.2 Å². The maximum absolute atomic E-state index is 12.0. The van der Waals surface area contributed by atoms with Crippen LogP contribution in [0.25, 0.3) is 0 Å². The van der Waals surface area contributed by atoms with E-state index in [1.165, 1.54) is 7.11 Å². The highest BCUT2D eigenvalue weighted by Crippen LogP contribution is 2.37. The molecule has 0 aliphatic heterocycles. The maximum Gasteiger partial charge on any atom is 0.327 e. The van der Waals surface area contributed by atoms with Gasteiger partial charge < -0.3 is 14.2 Å². The van der Waals surface area contributed by atoms with Crippen LogP contribution in [0.5, 0.6) is 11.5 Å². The van der Waals surface area contributed by atoms with E-state index in [-0.39, 0.29) is 5.97 Å². The summed E-state index contributed by atoms with van der Waals surface area (Å²) in [5, 5.41) is 3.29. The molecule has 0 heterocycles. The van der Waals surface area contributed by atoms with Gasteiger partial charge in [-0.1, -0.05) is 15.9 Å². The molecule has 1 atom stereocenters. The second kappa shape index (κ2) is 6.45. The van der Waals surface area contributed by atoms with E-state index in [0.29, 0.717) is 17.5 Å². The fraction of sp³-hybridized carbons (Fsp3) is 0.500. The number of rotatable bonds is 6. The third-order valence-corrected chi connectivity index (χ3v) is 3.92. The van der Waals surface area contributed by atoms with Gasteiger partial charge in [0.05, 0.1) is 21.3 Å². The second-order valence-electron chi connectivity index (χ2n) is 4.63. The van der Waals surface area contributed by atoms with Crippen LogP contribution >= 0.6 is 15.9 Å². The number of nitrogens with one attached hydrogen (secondary N) is 1. The van der Waals surface area contributed by atoms with Gasteiger partial charge in [0.25, 0.3) is 0 Å².